The number of para-hydroxylation sites is 1. The van der Waals surface area contributed by atoms with Crippen molar-refractivity contribution in [1.82, 2.24) is 4.98 Å². The van der Waals surface area contributed by atoms with Crippen molar-refractivity contribution in [3.8, 4) is 0 Å². The van der Waals surface area contributed by atoms with Crippen LogP contribution in [0.2, 0.25) is 0 Å². The summed E-state index contributed by atoms with van der Waals surface area (Å²) in [5.41, 5.74) is 3.78. The lowest BCUT2D eigenvalue weighted by molar-refractivity contribution is -0.236. The molecule has 1 aliphatic heterocycles. The second kappa shape index (κ2) is 7.22. The lowest BCUT2D eigenvalue weighted by Crippen LogP contribution is -2.61. The van der Waals surface area contributed by atoms with Crippen molar-refractivity contribution in [3.63, 3.8) is 0 Å². The number of H-pyrrole nitrogens is 1. The van der Waals surface area contributed by atoms with Gasteiger partial charge in [0.05, 0.1) is 17.8 Å². The molecule has 2 aliphatic carbocycles. The van der Waals surface area contributed by atoms with Gasteiger partial charge < -0.3 is 14.8 Å². The minimum atomic E-state index is -0.763. The van der Waals surface area contributed by atoms with E-state index in [1.807, 2.05) is 13.8 Å². The Balaban J connectivity index is 1.45. The van der Waals surface area contributed by atoms with Crippen molar-refractivity contribution in [3.05, 3.63) is 48.2 Å². The Morgan fingerprint density at radius 3 is 2.65 bits per heavy atom. The van der Waals surface area contributed by atoms with Crippen LogP contribution in [0.15, 0.2) is 42.6 Å². The lowest BCUT2D eigenvalue weighted by atomic mass is 9.44. The van der Waals surface area contributed by atoms with Gasteiger partial charge in [-0.3, -0.25) is 0 Å². The number of nitrogens with one attached hydrogen (secondary N) is 1. The van der Waals surface area contributed by atoms with Gasteiger partial charge in [-0.05, 0) is 93.1 Å². The van der Waals surface area contributed by atoms with Gasteiger partial charge in [0.2, 0.25) is 0 Å². The standard InChI is InChI=1S/C28H39NO2/c1-18-10-11-23-27(4,21(18)16-19-17-29-22-9-7-6-8-20(19)22)14-13-25-28(23,5)15-12-24(31-25)26(2,3)30/h6-9,17,21,23-25,29-30H,1,10-16H2,2-5H3/t21-,23-,24+,25?,27-,28+/m1/s1. The SMILES string of the molecule is C=C1CC[C@@H]2[C@](C)(CCC3O[C@H](C(C)(C)O)CC[C@]32C)[C@@H]1Cc1c[nH]c2ccccc12. The second-order valence-corrected chi connectivity index (χ2v) is 11.7. The Morgan fingerprint density at radius 1 is 1.13 bits per heavy atom. The van der Waals surface area contributed by atoms with Gasteiger partial charge in [0.15, 0.2) is 0 Å². The normalized spacial score (nSPS) is 38.7. The Morgan fingerprint density at radius 2 is 1.87 bits per heavy atom. The smallest absolute Gasteiger partial charge is 0.0860 e. The van der Waals surface area contributed by atoms with Gasteiger partial charge in [0.1, 0.15) is 0 Å². The van der Waals surface area contributed by atoms with Gasteiger partial charge in [-0.25, -0.2) is 0 Å². The molecule has 1 saturated heterocycles. The average molecular weight is 422 g/mol. The van der Waals surface area contributed by atoms with E-state index < -0.39 is 5.60 Å². The number of hydrogen-bond donors (Lipinski definition) is 2. The van der Waals surface area contributed by atoms with Crippen LogP contribution in [0.1, 0.15) is 71.8 Å². The van der Waals surface area contributed by atoms with Crippen LogP contribution in [0, 0.1) is 22.7 Å². The molecule has 2 N–H and O–H groups in total. The van der Waals surface area contributed by atoms with E-state index in [1.165, 1.54) is 34.9 Å². The minimum absolute atomic E-state index is 0.0458. The third kappa shape index (κ3) is 3.31. The van der Waals surface area contributed by atoms with Crippen LogP contribution in [-0.4, -0.2) is 27.9 Å². The number of ether oxygens (including phenoxy) is 1. The summed E-state index contributed by atoms with van der Waals surface area (Å²) in [5.74, 6) is 1.15. The van der Waals surface area contributed by atoms with E-state index in [0.29, 0.717) is 11.8 Å². The molecule has 1 aromatic heterocycles. The van der Waals surface area contributed by atoms with Crippen LogP contribution < -0.4 is 0 Å². The number of hydrogen-bond acceptors (Lipinski definition) is 2. The quantitative estimate of drug-likeness (QED) is 0.562. The van der Waals surface area contributed by atoms with Gasteiger partial charge >= 0.3 is 0 Å². The zero-order valence-corrected chi connectivity index (χ0v) is 19.7. The van der Waals surface area contributed by atoms with Crippen LogP contribution in [-0.2, 0) is 11.2 Å². The maximum Gasteiger partial charge on any atom is 0.0860 e. The molecule has 0 bridgehead atoms. The molecular formula is C28H39NO2. The third-order valence-electron chi connectivity index (χ3n) is 9.48. The van der Waals surface area contributed by atoms with Crippen molar-refractivity contribution < 1.29 is 9.84 Å². The zero-order chi connectivity index (χ0) is 22.0. The van der Waals surface area contributed by atoms with Gasteiger partial charge in [-0.1, -0.05) is 44.2 Å². The van der Waals surface area contributed by atoms with E-state index in [1.54, 1.807) is 0 Å². The predicted octanol–water partition coefficient (Wildman–Crippen LogP) is 6.42. The molecule has 3 heteroatoms. The molecule has 168 valence electrons. The topological polar surface area (TPSA) is 45.2 Å². The maximum absolute atomic E-state index is 10.6. The van der Waals surface area contributed by atoms with Crippen LogP contribution in [0.3, 0.4) is 0 Å². The Kier molecular flexibility index (Phi) is 4.95. The maximum atomic E-state index is 10.6. The van der Waals surface area contributed by atoms with Crippen molar-refractivity contribution >= 4 is 10.9 Å². The summed E-state index contributed by atoms with van der Waals surface area (Å²) in [6.45, 7) is 13.4. The zero-order valence-electron chi connectivity index (χ0n) is 19.7. The van der Waals surface area contributed by atoms with Crippen molar-refractivity contribution in [2.24, 2.45) is 22.7 Å². The van der Waals surface area contributed by atoms with Crippen molar-refractivity contribution in [2.75, 3.05) is 0 Å². The number of rotatable bonds is 3. The highest BCUT2D eigenvalue weighted by molar-refractivity contribution is 5.83. The molecule has 0 spiro atoms. The first-order valence-electron chi connectivity index (χ1n) is 12.2. The van der Waals surface area contributed by atoms with Crippen LogP contribution in [0.25, 0.3) is 10.9 Å². The fourth-order valence-electron chi connectivity index (χ4n) is 7.66. The third-order valence-corrected chi connectivity index (χ3v) is 9.48. The summed E-state index contributed by atoms with van der Waals surface area (Å²) in [6, 6.07) is 8.66. The number of allylic oxidation sites excluding steroid dienone is 1. The second-order valence-electron chi connectivity index (χ2n) is 11.7. The van der Waals surface area contributed by atoms with E-state index in [2.05, 4.69) is 55.9 Å². The van der Waals surface area contributed by atoms with Crippen LogP contribution in [0.5, 0.6) is 0 Å². The lowest BCUT2D eigenvalue weighted by Gasteiger charge is -2.63. The highest BCUT2D eigenvalue weighted by atomic mass is 16.5. The van der Waals surface area contributed by atoms with E-state index >= 15 is 0 Å². The molecule has 0 radical (unpaired) electrons. The molecule has 2 saturated carbocycles. The molecule has 3 nitrogen and oxygen atoms in total. The summed E-state index contributed by atoms with van der Waals surface area (Å²) < 4.78 is 6.60. The van der Waals surface area contributed by atoms with E-state index in [4.69, 9.17) is 4.74 Å². The van der Waals surface area contributed by atoms with Crippen molar-refractivity contribution in [2.45, 2.75) is 90.4 Å². The summed E-state index contributed by atoms with van der Waals surface area (Å²) in [7, 11) is 0. The number of fused-ring (bicyclic) bond motifs is 4. The average Bonchev–Trinajstić information content (AvgIpc) is 3.12. The Bertz CT molecular complexity index is 984. The highest BCUT2D eigenvalue weighted by Crippen LogP contribution is 2.64. The van der Waals surface area contributed by atoms with Crippen LogP contribution >= 0.6 is 0 Å². The summed E-state index contributed by atoms with van der Waals surface area (Å²) in [4.78, 5) is 3.48. The van der Waals surface area contributed by atoms with Gasteiger partial charge in [0.25, 0.3) is 0 Å². The van der Waals surface area contributed by atoms with Gasteiger partial charge in [-0.15, -0.1) is 0 Å². The van der Waals surface area contributed by atoms with Crippen molar-refractivity contribution in [1.29, 1.82) is 0 Å². The molecule has 5 rings (SSSR count). The molecular weight excluding hydrogens is 382 g/mol. The first kappa shape index (κ1) is 21.3. The van der Waals surface area contributed by atoms with E-state index in [-0.39, 0.29) is 23.0 Å². The Labute approximate surface area is 187 Å². The predicted molar refractivity (Wildman–Crippen MR) is 127 cm³/mol. The summed E-state index contributed by atoms with van der Waals surface area (Å²) >= 11 is 0. The fraction of sp³-hybridized carbons (Fsp3) is 0.643. The fourth-order valence-corrected chi connectivity index (χ4v) is 7.66. The monoisotopic (exact) mass is 421 g/mol. The molecule has 31 heavy (non-hydrogen) atoms. The molecule has 2 heterocycles. The first-order valence-corrected chi connectivity index (χ1v) is 12.2. The molecule has 1 aromatic carbocycles. The highest BCUT2D eigenvalue weighted by Gasteiger charge is 2.60. The number of aromatic amines is 1. The molecule has 3 fully saturated rings. The Hall–Kier alpha value is -1.58. The van der Waals surface area contributed by atoms with E-state index in [9.17, 15) is 5.11 Å². The molecule has 1 unspecified atom stereocenters. The minimum Gasteiger partial charge on any atom is -0.388 e. The number of aromatic nitrogens is 1. The van der Waals surface area contributed by atoms with Gasteiger partial charge in [0, 0.05) is 17.1 Å². The van der Waals surface area contributed by atoms with E-state index in [0.717, 1.165) is 32.1 Å². The molecule has 0 amide bonds. The molecule has 3 aliphatic rings. The van der Waals surface area contributed by atoms with Gasteiger partial charge in [-0.2, -0.15) is 0 Å². The number of aliphatic hydroxyl groups is 1. The summed E-state index contributed by atoms with van der Waals surface area (Å²) in [5, 5.41) is 11.9. The first-order chi connectivity index (χ1) is 14.6. The van der Waals surface area contributed by atoms with Crippen LogP contribution in [0.4, 0.5) is 0 Å². The summed E-state index contributed by atoms with van der Waals surface area (Å²) in [6.07, 6.45) is 10.2. The molecule has 6 atom stereocenters. The number of benzene rings is 1. The molecule has 2 aromatic rings. The largest absolute Gasteiger partial charge is 0.388 e.